The molecule has 2 atom stereocenters. The van der Waals surface area contributed by atoms with Gasteiger partial charge < -0.3 is 10.8 Å². The summed E-state index contributed by atoms with van der Waals surface area (Å²) >= 11 is 0. The van der Waals surface area contributed by atoms with Gasteiger partial charge in [-0.15, -0.1) is 0 Å². The molecular weight excluding hydrogens is 212 g/mol. The molecule has 0 bridgehead atoms. The van der Waals surface area contributed by atoms with Crippen LogP contribution in [0.4, 0.5) is 5.69 Å². The highest BCUT2D eigenvalue weighted by atomic mass is 16.3. The Hall–Kier alpha value is -1.06. The molecule has 92 valence electrons. The molecule has 1 aliphatic carbocycles. The predicted molar refractivity (Wildman–Crippen MR) is 68.6 cm³/mol. The fourth-order valence-corrected chi connectivity index (χ4v) is 2.98. The summed E-state index contributed by atoms with van der Waals surface area (Å²) in [5.41, 5.74) is 7.97. The van der Waals surface area contributed by atoms with Crippen LogP contribution in [0.25, 0.3) is 0 Å². The molecule has 1 aliphatic heterocycles. The lowest BCUT2D eigenvalue weighted by atomic mass is 9.91. The van der Waals surface area contributed by atoms with E-state index in [2.05, 4.69) is 11.0 Å². The first-order chi connectivity index (χ1) is 8.27. The monoisotopic (exact) mass is 232 g/mol. The molecule has 3 N–H and O–H groups in total. The van der Waals surface area contributed by atoms with E-state index in [0.29, 0.717) is 6.04 Å². The van der Waals surface area contributed by atoms with E-state index in [4.69, 9.17) is 5.73 Å². The van der Waals surface area contributed by atoms with Crippen LogP contribution in [0.15, 0.2) is 24.3 Å². The van der Waals surface area contributed by atoms with E-state index in [1.54, 1.807) is 0 Å². The number of para-hydroxylation sites is 1. The lowest BCUT2D eigenvalue weighted by Crippen LogP contribution is -2.43. The van der Waals surface area contributed by atoms with E-state index >= 15 is 0 Å². The van der Waals surface area contributed by atoms with Crippen LogP contribution >= 0.6 is 0 Å². The molecule has 2 fully saturated rings. The fraction of sp³-hybridized carbons (Fsp3) is 0.571. The Morgan fingerprint density at radius 3 is 2.65 bits per heavy atom. The van der Waals surface area contributed by atoms with Crippen molar-refractivity contribution in [1.29, 1.82) is 0 Å². The molecule has 17 heavy (non-hydrogen) atoms. The molecule has 2 unspecified atom stereocenters. The number of aliphatic hydroxyl groups is 1. The van der Waals surface area contributed by atoms with Gasteiger partial charge in [-0.1, -0.05) is 18.2 Å². The van der Waals surface area contributed by atoms with Crippen molar-refractivity contribution in [3.63, 3.8) is 0 Å². The first-order valence-corrected chi connectivity index (χ1v) is 6.55. The van der Waals surface area contributed by atoms with Crippen molar-refractivity contribution in [3.8, 4) is 0 Å². The highest BCUT2D eigenvalue weighted by Crippen LogP contribution is 2.41. The predicted octanol–water partition coefficient (Wildman–Crippen LogP) is 1.93. The lowest BCUT2D eigenvalue weighted by Gasteiger charge is -2.40. The van der Waals surface area contributed by atoms with Gasteiger partial charge >= 0.3 is 0 Å². The van der Waals surface area contributed by atoms with Crippen LogP contribution in [0.1, 0.15) is 37.3 Å². The van der Waals surface area contributed by atoms with Gasteiger partial charge in [0, 0.05) is 11.7 Å². The van der Waals surface area contributed by atoms with Gasteiger partial charge in [0.05, 0.1) is 12.1 Å². The normalized spacial score (nSPS) is 30.4. The summed E-state index contributed by atoms with van der Waals surface area (Å²) in [6, 6.07) is 8.74. The minimum absolute atomic E-state index is 0.109. The van der Waals surface area contributed by atoms with Crippen LogP contribution in [0.2, 0.25) is 0 Å². The summed E-state index contributed by atoms with van der Waals surface area (Å²) < 4.78 is 0. The first-order valence-electron chi connectivity index (χ1n) is 6.55. The van der Waals surface area contributed by atoms with Gasteiger partial charge in [0.1, 0.15) is 0 Å². The maximum atomic E-state index is 10.3. The van der Waals surface area contributed by atoms with E-state index in [1.807, 2.05) is 18.2 Å². The second-order valence-corrected chi connectivity index (χ2v) is 5.25. The molecule has 1 heterocycles. The molecule has 3 rings (SSSR count). The minimum atomic E-state index is -0.269. The number of benzene rings is 1. The average Bonchev–Trinajstić information content (AvgIpc) is 3.14. The highest BCUT2D eigenvalue weighted by Gasteiger charge is 2.40. The molecule has 1 saturated heterocycles. The summed E-state index contributed by atoms with van der Waals surface area (Å²) in [4.78, 5) is 2.46. The Bertz CT molecular complexity index is 403. The van der Waals surface area contributed by atoms with Crippen molar-refractivity contribution in [2.75, 3.05) is 12.3 Å². The number of nitrogen functional groups attached to an aromatic ring is 1. The van der Waals surface area contributed by atoms with Crippen LogP contribution in [0.3, 0.4) is 0 Å². The highest BCUT2D eigenvalue weighted by molar-refractivity contribution is 5.48. The van der Waals surface area contributed by atoms with Gasteiger partial charge in [-0.05, 0) is 43.9 Å². The smallest absolute Gasteiger partial charge is 0.0738 e. The molecule has 0 aromatic heterocycles. The molecular formula is C14H20N2O. The minimum Gasteiger partial charge on any atom is -0.398 e. The van der Waals surface area contributed by atoms with Crippen molar-refractivity contribution < 1.29 is 5.11 Å². The van der Waals surface area contributed by atoms with Gasteiger partial charge in [-0.25, -0.2) is 0 Å². The summed E-state index contributed by atoms with van der Waals surface area (Å²) in [5.74, 6) is 0. The molecule has 0 spiro atoms. The number of rotatable bonds is 2. The summed E-state index contributed by atoms with van der Waals surface area (Å²) in [7, 11) is 0. The fourth-order valence-electron chi connectivity index (χ4n) is 2.98. The zero-order valence-electron chi connectivity index (χ0n) is 10.0. The Labute approximate surface area is 102 Å². The van der Waals surface area contributed by atoms with Gasteiger partial charge in [-0.3, -0.25) is 4.90 Å². The van der Waals surface area contributed by atoms with Crippen LogP contribution in [0, 0.1) is 0 Å². The number of likely N-dealkylation sites (tertiary alicyclic amines) is 1. The zero-order chi connectivity index (χ0) is 11.8. The van der Waals surface area contributed by atoms with Crippen molar-refractivity contribution in [3.05, 3.63) is 29.8 Å². The van der Waals surface area contributed by atoms with Crippen molar-refractivity contribution >= 4 is 5.69 Å². The molecule has 1 aromatic carbocycles. The quantitative estimate of drug-likeness (QED) is 0.766. The number of nitrogens with two attached hydrogens (primary N) is 1. The Morgan fingerprint density at radius 2 is 1.94 bits per heavy atom. The Morgan fingerprint density at radius 1 is 1.18 bits per heavy atom. The first kappa shape index (κ1) is 11.1. The van der Waals surface area contributed by atoms with E-state index in [-0.39, 0.29) is 12.1 Å². The van der Waals surface area contributed by atoms with Crippen LogP contribution in [-0.2, 0) is 0 Å². The molecule has 1 saturated carbocycles. The third kappa shape index (κ3) is 2.05. The van der Waals surface area contributed by atoms with Gasteiger partial charge in [0.15, 0.2) is 0 Å². The van der Waals surface area contributed by atoms with E-state index in [9.17, 15) is 5.11 Å². The molecule has 3 heteroatoms. The van der Waals surface area contributed by atoms with Crippen LogP contribution < -0.4 is 5.73 Å². The van der Waals surface area contributed by atoms with Gasteiger partial charge in [0.25, 0.3) is 0 Å². The van der Waals surface area contributed by atoms with Crippen molar-refractivity contribution in [2.45, 2.75) is 43.9 Å². The second-order valence-electron chi connectivity index (χ2n) is 5.25. The molecule has 3 nitrogen and oxygen atoms in total. The maximum absolute atomic E-state index is 10.3. The maximum Gasteiger partial charge on any atom is 0.0738 e. The van der Waals surface area contributed by atoms with E-state index in [0.717, 1.165) is 30.6 Å². The van der Waals surface area contributed by atoms with Crippen molar-refractivity contribution in [1.82, 2.24) is 4.90 Å². The number of hydrogen-bond acceptors (Lipinski definition) is 3. The molecule has 0 radical (unpaired) electrons. The Balaban J connectivity index is 1.93. The van der Waals surface area contributed by atoms with Crippen molar-refractivity contribution in [2.24, 2.45) is 0 Å². The molecule has 2 aliphatic rings. The Kier molecular flexibility index (Phi) is 2.81. The number of hydrogen-bond donors (Lipinski definition) is 2. The summed E-state index contributed by atoms with van der Waals surface area (Å²) in [6.45, 7) is 1.10. The summed E-state index contributed by atoms with van der Waals surface area (Å²) in [6.07, 6.45) is 4.27. The van der Waals surface area contributed by atoms with Gasteiger partial charge in [-0.2, -0.15) is 0 Å². The molecule has 0 amide bonds. The third-order valence-corrected chi connectivity index (χ3v) is 3.97. The van der Waals surface area contributed by atoms with Crippen LogP contribution in [0.5, 0.6) is 0 Å². The third-order valence-electron chi connectivity index (χ3n) is 3.97. The largest absolute Gasteiger partial charge is 0.398 e. The number of piperidine rings is 1. The number of nitrogens with zero attached hydrogens (tertiary/aromatic N) is 1. The van der Waals surface area contributed by atoms with E-state index < -0.39 is 0 Å². The van der Waals surface area contributed by atoms with Crippen LogP contribution in [-0.4, -0.2) is 28.7 Å². The number of anilines is 1. The molecule has 1 aromatic rings. The topological polar surface area (TPSA) is 49.5 Å². The SMILES string of the molecule is Nc1ccccc1C1C(O)CCCN1C1CC1. The van der Waals surface area contributed by atoms with Gasteiger partial charge in [0.2, 0.25) is 0 Å². The zero-order valence-corrected chi connectivity index (χ0v) is 10.0. The van der Waals surface area contributed by atoms with E-state index in [1.165, 1.54) is 12.8 Å². The average molecular weight is 232 g/mol. The standard InChI is InChI=1S/C14H20N2O/c15-12-5-2-1-4-11(12)14-13(17)6-3-9-16(14)10-7-8-10/h1-2,4-5,10,13-14,17H,3,6-9,15H2. The second kappa shape index (κ2) is 4.31. The number of aliphatic hydroxyl groups excluding tert-OH is 1. The lowest BCUT2D eigenvalue weighted by molar-refractivity contribution is 0.00534. The summed E-state index contributed by atoms with van der Waals surface area (Å²) in [5, 5.41) is 10.3.